The summed E-state index contributed by atoms with van der Waals surface area (Å²) < 4.78 is 26.2. The average Bonchev–Trinajstić information content (AvgIpc) is 2.99. The van der Waals surface area contributed by atoms with E-state index in [1.807, 2.05) is 24.3 Å². The number of aliphatic hydroxyl groups excluding tert-OH is 1. The Morgan fingerprint density at radius 3 is 2.91 bits per heavy atom. The van der Waals surface area contributed by atoms with Crippen molar-refractivity contribution in [2.75, 3.05) is 0 Å². The van der Waals surface area contributed by atoms with Crippen LogP contribution in [0.5, 0.6) is 0 Å². The normalized spacial score (nSPS) is 20.3. The summed E-state index contributed by atoms with van der Waals surface area (Å²) in [6.07, 6.45) is -0.652. The van der Waals surface area contributed by atoms with Gasteiger partial charge < -0.3 is 10.4 Å². The smallest absolute Gasteiger partial charge is 0.282 e. The lowest BCUT2D eigenvalue weighted by atomic mass is 9.85. The third kappa shape index (κ3) is 3.39. The van der Waals surface area contributed by atoms with E-state index in [0.717, 1.165) is 22.2 Å². The van der Waals surface area contributed by atoms with Gasteiger partial charge in [-0.1, -0.05) is 24.3 Å². The number of hydrogen-bond donors (Lipinski definition) is 2. The molecule has 5 nitrogen and oxygen atoms in total. The zero-order valence-electron chi connectivity index (χ0n) is 12.3. The van der Waals surface area contributed by atoms with Gasteiger partial charge in [-0.15, -0.1) is 0 Å². The van der Waals surface area contributed by atoms with Crippen molar-refractivity contribution in [3.8, 4) is 0 Å². The van der Waals surface area contributed by atoms with E-state index in [1.54, 1.807) is 0 Å². The third-order valence-corrected chi connectivity index (χ3v) is 3.99. The Balaban J connectivity index is 1.69. The molecule has 1 aliphatic carbocycles. The molecular weight excluding hydrogens is 304 g/mol. The Morgan fingerprint density at radius 1 is 1.39 bits per heavy atom. The second kappa shape index (κ2) is 6.45. The molecule has 1 heterocycles. The first kappa shape index (κ1) is 15.6. The van der Waals surface area contributed by atoms with E-state index in [-0.39, 0.29) is 18.1 Å². The highest BCUT2D eigenvalue weighted by molar-refractivity contribution is 5.76. The van der Waals surface area contributed by atoms with Gasteiger partial charge in [0.2, 0.25) is 5.91 Å². The maximum Gasteiger partial charge on any atom is 0.282 e. The Kier molecular flexibility index (Phi) is 4.38. The lowest BCUT2D eigenvalue weighted by Crippen LogP contribution is -2.40. The van der Waals surface area contributed by atoms with Gasteiger partial charge in [0.15, 0.2) is 0 Å². The summed E-state index contributed by atoms with van der Waals surface area (Å²) in [5.74, 6) is -0.380. The van der Waals surface area contributed by atoms with E-state index in [1.165, 1.54) is 12.3 Å². The van der Waals surface area contributed by atoms with Crippen molar-refractivity contribution in [1.82, 2.24) is 15.1 Å². The molecule has 0 unspecified atom stereocenters. The Labute approximate surface area is 131 Å². The number of rotatable bonds is 4. The predicted molar refractivity (Wildman–Crippen MR) is 78.8 cm³/mol. The molecule has 2 atom stereocenters. The van der Waals surface area contributed by atoms with Crippen LogP contribution in [0.15, 0.2) is 36.5 Å². The third-order valence-electron chi connectivity index (χ3n) is 3.99. The molecule has 1 aliphatic rings. The van der Waals surface area contributed by atoms with Crippen molar-refractivity contribution in [1.29, 1.82) is 0 Å². The molecular formula is C16H17F2N3O2. The molecule has 0 spiro atoms. The number of nitrogens with zero attached hydrogens (tertiary/aromatic N) is 2. The monoisotopic (exact) mass is 321 g/mol. The molecule has 2 N–H and O–H groups in total. The maximum absolute atomic E-state index is 12.5. The van der Waals surface area contributed by atoms with Gasteiger partial charge in [0.1, 0.15) is 12.2 Å². The van der Waals surface area contributed by atoms with Gasteiger partial charge in [0, 0.05) is 6.20 Å². The van der Waals surface area contributed by atoms with E-state index in [2.05, 4.69) is 10.4 Å². The van der Waals surface area contributed by atoms with Crippen LogP contribution < -0.4 is 5.32 Å². The van der Waals surface area contributed by atoms with Gasteiger partial charge in [-0.25, -0.2) is 8.78 Å². The quantitative estimate of drug-likeness (QED) is 0.905. The average molecular weight is 321 g/mol. The number of aliphatic hydroxyl groups is 1. The van der Waals surface area contributed by atoms with Gasteiger partial charge in [-0.2, -0.15) is 5.10 Å². The minimum Gasteiger partial charge on any atom is -0.391 e. The van der Waals surface area contributed by atoms with E-state index in [9.17, 15) is 18.7 Å². The van der Waals surface area contributed by atoms with E-state index >= 15 is 0 Å². The van der Waals surface area contributed by atoms with Gasteiger partial charge in [0.05, 0.1) is 12.1 Å². The number of alkyl halides is 2. The number of nitrogens with one attached hydrogen (secondary N) is 1. The fourth-order valence-electron chi connectivity index (χ4n) is 2.86. The number of benzene rings is 1. The number of fused-ring (bicyclic) bond motifs is 1. The van der Waals surface area contributed by atoms with Crippen LogP contribution in [0.3, 0.4) is 0 Å². The summed E-state index contributed by atoms with van der Waals surface area (Å²) in [6.45, 7) is -0.169. The predicted octanol–water partition coefficient (Wildman–Crippen LogP) is 1.99. The highest BCUT2D eigenvalue weighted by Crippen LogP contribution is 2.29. The molecule has 0 fully saturated rings. The number of aromatic nitrogens is 2. The molecule has 0 saturated heterocycles. The second-order valence-corrected chi connectivity index (χ2v) is 5.59. The van der Waals surface area contributed by atoms with Crippen molar-refractivity contribution in [3.63, 3.8) is 0 Å². The summed E-state index contributed by atoms with van der Waals surface area (Å²) >= 11 is 0. The lowest BCUT2D eigenvalue weighted by molar-refractivity contribution is -0.123. The van der Waals surface area contributed by atoms with Crippen molar-refractivity contribution in [3.05, 3.63) is 53.3 Å². The highest BCUT2D eigenvalue weighted by atomic mass is 19.3. The minimum absolute atomic E-state index is 0.169. The zero-order valence-corrected chi connectivity index (χ0v) is 12.3. The van der Waals surface area contributed by atoms with Crippen LogP contribution in [0.2, 0.25) is 0 Å². The summed E-state index contributed by atoms with van der Waals surface area (Å²) in [5.41, 5.74) is 1.64. The standard InChI is InChI=1S/C16H17F2N3O2/c17-16(18)12-7-8-21(20-12)9-14(23)19-15-11-4-2-1-3-10(11)5-6-13(15)22/h1-4,7-8,13,15-16,22H,5-6,9H2,(H,19,23)/t13-,15+/m1/s1. The van der Waals surface area contributed by atoms with Crippen LogP contribution in [-0.4, -0.2) is 26.9 Å². The van der Waals surface area contributed by atoms with Crippen molar-refractivity contribution in [2.24, 2.45) is 0 Å². The van der Waals surface area contributed by atoms with Crippen LogP contribution in [0.1, 0.15) is 35.7 Å². The fourth-order valence-corrected chi connectivity index (χ4v) is 2.86. The molecule has 3 rings (SSSR count). The zero-order chi connectivity index (χ0) is 16.4. The first-order valence-electron chi connectivity index (χ1n) is 7.41. The minimum atomic E-state index is -2.66. The van der Waals surface area contributed by atoms with Crippen molar-refractivity contribution >= 4 is 5.91 Å². The number of carbonyl (C=O) groups is 1. The maximum atomic E-state index is 12.5. The molecule has 7 heteroatoms. The Morgan fingerprint density at radius 2 is 2.17 bits per heavy atom. The molecule has 0 radical (unpaired) electrons. The van der Waals surface area contributed by atoms with Crippen LogP contribution >= 0.6 is 0 Å². The summed E-state index contributed by atoms with van der Waals surface area (Å²) in [5, 5.41) is 16.6. The summed E-state index contributed by atoms with van der Waals surface area (Å²) in [4.78, 5) is 12.1. The van der Waals surface area contributed by atoms with Crippen LogP contribution in [0, 0.1) is 0 Å². The van der Waals surface area contributed by atoms with Crippen LogP contribution in [0.25, 0.3) is 0 Å². The first-order chi connectivity index (χ1) is 11.0. The van der Waals surface area contributed by atoms with E-state index in [4.69, 9.17) is 0 Å². The number of carbonyl (C=O) groups excluding carboxylic acids is 1. The van der Waals surface area contributed by atoms with Crippen molar-refractivity contribution < 1.29 is 18.7 Å². The fraction of sp³-hybridized carbons (Fsp3) is 0.375. The molecule has 23 heavy (non-hydrogen) atoms. The molecule has 2 aromatic rings. The van der Waals surface area contributed by atoms with E-state index < -0.39 is 18.6 Å². The largest absolute Gasteiger partial charge is 0.391 e. The molecule has 122 valence electrons. The summed E-state index contributed by atoms with van der Waals surface area (Å²) in [6, 6.07) is 8.33. The Bertz CT molecular complexity index is 702. The van der Waals surface area contributed by atoms with Gasteiger partial charge in [0.25, 0.3) is 6.43 Å². The summed E-state index contributed by atoms with van der Waals surface area (Å²) in [7, 11) is 0. The molecule has 1 aromatic carbocycles. The number of halogens is 2. The molecule has 1 aromatic heterocycles. The van der Waals surface area contributed by atoms with Crippen molar-refractivity contribution in [2.45, 2.75) is 38.0 Å². The molecule has 0 bridgehead atoms. The number of amides is 1. The van der Waals surface area contributed by atoms with Gasteiger partial charge in [-0.05, 0) is 30.0 Å². The van der Waals surface area contributed by atoms with Gasteiger partial charge >= 0.3 is 0 Å². The number of aryl methyl sites for hydroxylation is 1. The molecule has 0 saturated carbocycles. The molecule has 0 aliphatic heterocycles. The highest BCUT2D eigenvalue weighted by Gasteiger charge is 2.29. The second-order valence-electron chi connectivity index (χ2n) is 5.59. The van der Waals surface area contributed by atoms with Crippen LogP contribution in [0.4, 0.5) is 8.78 Å². The van der Waals surface area contributed by atoms with Gasteiger partial charge in [-0.3, -0.25) is 9.48 Å². The number of hydrogen-bond acceptors (Lipinski definition) is 3. The lowest BCUT2D eigenvalue weighted by Gasteiger charge is -2.31. The Hall–Kier alpha value is -2.28. The van der Waals surface area contributed by atoms with Crippen LogP contribution in [-0.2, 0) is 17.8 Å². The SMILES string of the molecule is O=C(Cn1ccc(C(F)F)n1)N[C@H]1c2ccccc2CC[C@H]1O. The molecule has 1 amide bonds. The first-order valence-corrected chi connectivity index (χ1v) is 7.41. The van der Waals surface area contributed by atoms with E-state index in [0.29, 0.717) is 6.42 Å². The topological polar surface area (TPSA) is 67.2 Å².